The van der Waals surface area contributed by atoms with Gasteiger partial charge in [0.25, 0.3) is 0 Å². The van der Waals surface area contributed by atoms with Crippen molar-refractivity contribution >= 4 is 43.6 Å². The van der Waals surface area contributed by atoms with Crippen molar-refractivity contribution in [3.63, 3.8) is 0 Å². The first-order valence-electron chi connectivity index (χ1n) is 16.2. The molecule has 1 unspecified atom stereocenters. The van der Waals surface area contributed by atoms with Gasteiger partial charge in [0.05, 0.1) is 33.4 Å². The summed E-state index contributed by atoms with van der Waals surface area (Å²) in [5.74, 6) is 0. The molecule has 0 aliphatic heterocycles. The van der Waals surface area contributed by atoms with Gasteiger partial charge in [0.1, 0.15) is 0 Å². The Kier molecular flexibility index (Phi) is 6.34. The number of fused-ring (bicyclic) bond motifs is 6. The smallest absolute Gasteiger partial charge is 0.0546 e. The Bertz CT molecular complexity index is 2510. The van der Waals surface area contributed by atoms with Gasteiger partial charge in [0, 0.05) is 38.7 Å². The maximum absolute atomic E-state index is 6.48. The molecule has 0 saturated carbocycles. The van der Waals surface area contributed by atoms with Crippen LogP contribution in [-0.4, -0.2) is 9.13 Å². The second-order valence-electron chi connectivity index (χ2n) is 12.4. The Morgan fingerprint density at radius 1 is 0.426 bits per heavy atom. The highest BCUT2D eigenvalue weighted by molar-refractivity contribution is 6.11. The monoisotopic (exact) mass is 603 g/mol. The largest absolute Gasteiger partial charge is 0.324 e. The molecule has 0 aliphatic carbocycles. The van der Waals surface area contributed by atoms with Crippen LogP contribution in [0.4, 0.5) is 0 Å². The number of aromatic nitrogens is 2. The summed E-state index contributed by atoms with van der Waals surface area (Å²) in [5, 5.41) is 4.99. The van der Waals surface area contributed by atoms with E-state index < -0.39 is 0 Å². The molecule has 0 amide bonds. The van der Waals surface area contributed by atoms with E-state index in [1.807, 2.05) is 0 Å². The van der Waals surface area contributed by atoms with E-state index in [0.717, 1.165) is 22.5 Å². The molecule has 0 aliphatic rings. The predicted molar refractivity (Wildman–Crippen MR) is 199 cm³/mol. The fraction of sp³-hybridized carbons (Fsp3) is 0.0455. The van der Waals surface area contributed by atoms with Gasteiger partial charge in [-0.1, -0.05) is 121 Å². The molecule has 9 aromatic rings. The Morgan fingerprint density at radius 2 is 0.851 bits per heavy atom. The van der Waals surface area contributed by atoms with Crippen LogP contribution >= 0.6 is 0 Å². The van der Waals surface area contributed by atoms with Crippen LogP contribution in [0.1, 0.15) is 18.5 Å². The third-order valence-corrected chi connectivity index (χ3v) is 9.58. The van der Waals surface area contributed by atoms with Gasteiger partial charge in [-0.2, -0.15) is 0 Å². The SMILES string of the molecule is CC(N)c1cccc(-c2c(-c3ccccc3-n3c4ccccc4c4ccccc43)cccc2-n2c3ccccc3c3ccccc32)c1. The van der Waals surface area contributed by atoms with Crippen LogP contribution in [0, 0.1) is 0 Å². The third kappa shape index (κ3) is 4.25. The van der Waals surface area contributed by atoms with Crippen LogP contribution in [0.3, 0.4) is 0 Å². The standard InChI is InChI=1S/C44H33N3/c1-29(45)30-14-12-15-31(28-30)44-37(21-13-27-43(44)47-40-24-9-4-18-34(40)35-19-5-10-25-41(35)47)36-20-6-11-26-42(36)46-38-22-7-2-16-32(38)33-17-3-8-23-39(33)46/h2-29H,45H2,1H3. The first-order chi connectivity index (χ1) is 23.2. The first-order valence-corrected chi connectivity index (χ1v) is 16.2. The highest BCUT2D eigenvalue weighted by Gasteiger charge is 2.22. The molecule has 0 fully saturated rings. The molecule has 3 nitrogen and oxygen atoms in total. The van der Waals surface area contributed by atoms with Gasteiger partial charge in [-0.3, -0.25) is 0 Å². The molecule has 0 radical (unpaired) electrons. The maximum atomic E-state index is 6.48. The Labute approximate surface area is 273 Å². The van der Waals surface area contributed by atoms with Crippen molar-refractivity contribution in [2.24, 2.45) is 5.73 Å². The molecule has 9 rings (SSSR count). The lowest BCUT2D eigenvalue weighted by Crippen LogP contribution is -2.05. The zero-order chi connectivity index (χ0) is 31.5. The van der Waals surface area contributed by atoms with Crippen molar-refractivity contribution in [2.45, 2.75) is 13.0 Å². The van der Waals surface area contributed by atoms with Crippen LogP contribution in [0.2, 0.25) is 0 Å². The topological polar surface area (TPSA) is 35.9 Å². The number of benzene rings is 7. The van der Waals surface area contributed by atoms with Gasteiger partial charge in [-0.25, -0.2) is 0 Å². The molecule has 47 heavy (non-hydrogen) atoms. The summed E-state index contributed by atoms with van der Waals surface area (Å²) in [7, 11) is 0. The summed E-state index contributed by atoms with van der Waals surface area (Å²) in [6, 6.07) is 59.1. The lowest BCUT2D eigenvalue weighted by Gasteiger charge is -2.21. The minimum absolute atomic E-state index is 0.0799. The van der Waals surface area contributed by atoms with Gasteiger partial charge in [0.2, 0.25) is 0 Å². The molecular formula is C44H33N3. The minimum atomic E-state index is -0.0799. The number of hydrogen-bond acceptors (Lipinski definition) is 1. The highest BCUT2D eigenvalue weighted by Crippen LogP contribution is 2.44. The normalized spacial score (nSPS) is 12.4. The summed E-state index contributed by atoms with van der Waals surface area (Å²) in [6.45, 7) is 2.05. The van der Waals surface area contributed by atoms with Crippen LogP contribution in [0.25, 0.3) is 77.2 Å². The summed E-state index contributed by atoms with van der Waals surface area (Å²) in [5.41, 5.74) is 19.3. The lowest BCUT2D eigenvalue weighted by molar-refractivity contribution is 0.818. The van der Waals surface area contributed by atoms with Gasteiger partial charge in [-0.15, -0.1) is 0 Å². The van der Waals surface area contributed by atoms with Crippen molar-refractivity contribution in [3.8, 4) is 33.6 Å². The van der Waals surface area contributed by atoms with Crippen molar-refractivity contribution in [1.29, 1.82) is 0 Å². The fourth-order valence-corrected chi connectivity index (χ4v) is 7.49. The summed E-state index contributed by atoms with van der Waals surface area (Å²) in [6.07, 6.45) is 0. The Morgan fingerprint density at radius 3 is 1.40 bits per heavy atom. The van der Waals surface area contributed by atoms with Gasteiger partial charge in [-0.05, 0) is 66.1 Å². The van der Waals surface area contributed by atoms with Crippen molar-refractivity contribution in [2.75, 3.05) is 0 Å². The predicted octanol–water partition coefficient (Wildman–Crippen LogP) is 11.2. The molecule has 7 aromatic carbocycles. The average Bonchev–Trinajstić information content (AvgIpc) is 3.64. The fourth-order valence-electron chi connectivity index (χ4n) is 7.49. The van der Waals surface area contributed by atoms with Crippen molar-refractivity contribution in [1.82, 2.24) is 9.13 Å². The molecule has 0 bridgehead atoms. The van der Waals surface area contributed by atoms with E-state index in [1.54, 1.807) is 0 Å². The second kappa shape index (κ2) is 10.9. The molecule has 3 heteroatoms. The van der Waals surface area contributed by atoms with E-state index in [9.17, 15) is 0 Å². The minimum Gasteiger partial charge on any atom is -0.324 e. The molecule has 1 atom stereocenters. The quantitative estimate of drug-likeness (QED) is 0.209. The summed E-state index contributed by atoms with van der Waals surface area (Å²) in [4.78, 5) is 0. The van der Waals surface area contributed by atoms with Crippen LogP contribution in [0.15, 0.2) is 164 Å². The summed E-state index contributed by atoms with van der Waals surface area (Å²) < 4.78 is 4.86. The van der Waals surface area contributed by atoms with Gasteiger partial charge < -0.3 is 14.9 Å². The van der Waals surface area contributed by atoms with Crippen molar-refractivity contribution in [3.05, 3.63) is 169 Å². The number of para-hydroxylation sites is 5. The number of rotatable bonds is 5. The zero-order valence-electron chi connectivity index (χ0n) is 26.1. The molecular weight excluding hydrogens is 571 g/mol. The molecule has 0 spiro atoms. The number of nitrogens with two attached hydrogens (primary N) is 1. The lowest BCUT2D eigenvalue weighted by atomic mass is 9.90. The molecule has 2 N–H and O–H groups in total. The third-order valence-electron chi connectivity index (χ3n) is 9.58. The molecule has 2 heterocycles. The van der Waals surface area contributed by atoms with E-state index in [2.05, 4.69) is 180 Å². The summed E-state index contributed by atoms with van der Waals surface area (Å²) >= 11 is 0. The van der Waals surface area contributed by atoms with Gasteiger partial charge >= 0.3 is 0 Å². The van der Waals surface area contributed by atoms with E-state index >= 15 is 0 Å². The molecule has 224 valence electrons. The molecule has 0 saturated heterocycles. The van der Waals surface area contributed by atoms with E-state index in [0.29, 0.717) is 0 Å². The van der Waals surface area contributed by atoms with E-state index in [-0.39, 0.29) is 6.04 Å². The maximum Gasteiger partial charge on any atom is 0.0546 e. The Hall–Kier alpha value is -5.90. The van der Waals surface area contributed by atoms with Crippen LogP contribution < -0.4 is 5.73 Å². The number of nitrogens with zero attached hydrogens (tertiary/aromatic N) is 2. The average molecular weight is 604 g/mol. The van der Waals surface area contributed by atoms with Crippen LogP contribution in [-0.2, 0) is 0 Å². The zero-order valence-corrected chi connectivity index (χ0v) is 26.1. The van der Waals surface area contributed by atoms with E-state index in [1.165, 1.54) is 60.3 Å². The Balaban J connectivity index is 1.41. The van der Waals surface area contributed by atoms with Crippen LogP contribution in [0.5, 0.6) is 0 Å². The highest BCUT2D eigenvalue weighted by atomic mass is 15.0. The number of hydrogen-bond donors (Lipinski definition) is 1. The van der Waals surface area contributed by atoms with Crippen molar-refractivity contribution < 1.29 is 0 Å². The van der Waals surface area contributed by atoms with Gasteiger partial charge in [0.15, 0.2) is 0 Å². The second-order valence-corrected chi connectivity index (χ2v) is 12.4. The molecule has 2 aromatic heterocycles. The first kappa shape index (κ1) is 27.4. The van der Waals surface area contributed by atoms with E-state index in [4.69, 9.17) is 5.73 Å².